The Kier molecular flexibility index (Phi) is 9.21. The standard InChI is InChI=1S/C26H28ClFN2O3S2/c1-18-6-4-7-19(2)25(18)30(35(3,32)33)16-20-10-12-21(13-11-20)26(31)29-14-15-34-17-22-23(27)8-5-9-24(22)28/h4-13H,14-17H2,1-3H3,(H,29,31). The van der Waals surface area contributed by atoms with Gasteiger partial charge >= 0.3 is 0 Å². The summed E-state index contributed by atoms with van der Waals surface area (Å²) < 4.78 is 40.3. The Morgan fingerprint density at radius 3 is 2.26 bits per heavy atom. The van der Waals surface area contributed by atoms with Crippen LogP contribution in [0.3, 0.4) is 0 Å². The molecular weight excluding hydrogens is 507 g/mol. The molecule has 0 aliphatic rings. The van der Waals surface area contributed by atoms with E-state index in [1.165, 1.54) is 28.4 Å². The van der Waals surface area contributed by atoms with Gasteiger partial charge in [0.2, 0.25) is 10.0 Å². The zero-order valence-electron chi connectivity index (χ0n) is 19.8. The number of nitrogens with one attached hydrogen (secondary N) is 1. The van der Waals surface area contributed by atoms with E-state index in [0.29, 0.717) is 39.9 Å². The summed E-state index contributed by atoms with van der Waals surface area (Å²) in [6.45, 7) is 4.36. The van der Waals surface area contributed by atoms with Crippen molar-refractivity contribution >= 4 is 45.0 Å². The molecule has 0 atom stereocenters. The van der Waals surface area contributed by atoms with Crippen molar-refractivity contribution in [2.45, 2.75) is 26.1 Å². The summed E-state index contributed by atoms with van der Waals surface area (Å²) in [7, 11) is -3.51. The van der Waals surface area contributed by atoms with Crippen LogP contribution in [-0.4, -0.2) is 32.9 Å². The second-order valence-electron chi connectivity index (χ2n) is 8.22. The summed E-state index contributed by atoms with van der Waals surface area (Å²) in [5.41, 5.74) is 4.14. The van der Waals surface area contributed by atoms with Crippen LogP contribution in [0.25, 0.3) is 0 Å². The highest BCUT2D eigenvalue weighted by Gasteiger charge is 2.21. The van der Waals surface area contributed by atoms with Crippen molar-refractivity contribution in [2.75, 3.05) is 22.9 Å². The van der Waals surface area contributed by atoms with Crippen LogP contribution in [0.5, 0.6) is 0 Å². The molecule has 0 fully saturated rings. The van der Waals surface area contributed by atoms with E-state index >= 15 is 0 Å². The Hall–Kier alpha value is -2.55. The molecule has 0 aromatic heterocycles. The predicted octanol–water partition coefficient (Wildman–Crippen LogP) is 5.73. The molecule has 35 heavy (non-hydrogen) atoms. The molecule has 9 heteroatoms. The van der Waals surface area contributed by atoms with Gasteiger partial charge in [0.25, 0.3) is 5.91 Å². The lowest BCUT2D eigenvalue weighted by Gasteiger charge is -2.26. The molecule has 5 nitrogen and oxygen atoms in total. The maximum absolute atomic E-state index is 13.8. The van der Waals surface area contributed by atoms with Gasteiger partial charge in [-0.15, -0.1) is 0 Å². The van der Waals surface area contributed by atoms with Crippen LogP contribution >= 0.6 is 23.4 Å². The van der Waals surface area contributed by atoms with E-state index in [9.17, 15) is 17.6 Å². The minimum Gasteiger partial charge on any atom is -0.351 e. The Morgan fingerprint density at radius 1 is 1.03 bits per heavy atom. The number of aryl methyl sites for hydroxylation is 2. The van der Waals surface area contributed by atoms with Crippen molar-refractivity contribution in [1.82, 2.24) is 5.32 Å². The molecule has 0 saturated carbocycles. The Balaban J connectivity index is 1.57. The zero-order chi connectivity index (χ0) is 25.6. The summed E-state index contributed by atoms with van der Waals surface area (Å²) in [5, 5.41) is 3.24. The van der Waals surface area contributed by atoms with Crippen molar-refractivity contribution in [2.24, 2.45) is 0 Å². The van der Waals surface area contributed by atoms with E-state index in [4.69, 9.17) is 11.6 Å². The van der Waals surface area contributed by atoms with Crippen LogP contribution in [0.2, 0.25) is 5.02 Å². The number of halogens is 2. The first-order chi connectivity index (χ1) is 16.6. The van der Waals surface area contributed by atoms with Gasteiger partial charge in [0, 0.05) is 34.2 Å². The fraction of sp³-hybridized carbons (Fsp3) is 0.269. The number of amides is 1. The van der Waals surface area contributed by atoms with Crippen molar-refractivity contribution in [1.29, 1.82) is 0 Å². The second-order valence-corrected chi connectivity index (χ2v) is 11.6. The van der Waals surface area contributed by atoms with Crippen molar-refractivity contribution in [3.05, 3.63) is 99.3 Å². The highest BCUT2D eigenvalue weighted by atomic mass is 35.5. The monoisotopic (exact) mass is 534 g/mol. The molecular formula is C26H28ClFN2O3S2. The minimum atomic E-state index is -3.51. The first-order valence-electron chi connectivity index (χ1n) is 11.0. The molecule has 0 saturated heterocycles. The smallest absolute Gasteiger partial charge is 0.251 e. The van der Waals surface area contributed by atoms with Gasteiger partial charge in [-0.2, -0.15) is 11.8 Å². The molecule has 0 aliphatic heterocycles. The average Bonchev–Trinajstić information content (AvgIpc) is 2.79. The first-order valence-corrected chi connectivity index (χ1v) is 14.4. The summed E-state index contributed by atoms with van der Waals surface area (Å²) in [6.07, 6.45) is 1.19. The van der Waals surface area contributed by atoms with Gasteiger partial charge < -0.3 is 5.32 Å². The third-order valence-electron chi connectivity index (χ3n) is 5.47. The van der Waals surface area contributed by atoms with E-state index in [2.05, 4.69) is 5.32 Å². The summed E-state index contributed by atoms with van der Waals surface area (Å²) >= 11 is 7.51. The van der Waals surface area contributed by atoms with Gasteiger partial charge in [-0.3, -0.25) is 9.10 Å². The number of sulfonamides is 1. The summed E-state index contributed by atoms with van der Waals surface area (Å²) in [6, 6.07) is 17.2. The molecule has 0 aliphatic carbocycles. The molecule has 0 radical (unpaired) electrons. The number of hydrogen-bond donors (Lipinski definition) is 1. The van der Waals surface area contributed by atoms with Crippen LogP contribution in [0.4, 0.5) is 10.1 Å². The topological polar surface area (TPSA) is 66.5 Å². The molecule has 1 N–H and O–H groups in total. The van der Waals surface area contributed by atoms with E-state index in [1.807, 2.05) is 32.0 Å². The number of para-hydroxylation sites is 1. The summed E-state index contributed by atoms with van der Waals surface area (Å²) in [4.78, 5) is 12.5. The largest absolute Gasteiger partial charge is 0.351 e. The fourth-order valence-corrected chi connectivity index (χ4v) is 5.87. The number of carbonyl (C=O) groups is 1. The predicted molar refractivity (Wildman–Crippen MR) is 143 cm³/mol. The number of thioether (sulfide) groups is 1. The third kappa shape index (κ3) is 7.22. The Bertz CT molecular complexity index is 1260. The van der Waals surface area contributed by atoms with Crippen molar-refractivity contribution in [3.8, 4) is 0 Å². The second kappa shape index (κ2) is 11.9. The molecule has 0 bridgehead atoms. The molecule has 0 heterocycles. The lowest BCUT2D eigenvalue weighted by Crippen LogP contribution is -2.30. The third-order valence-corrected chi connectivity index (χ3v) is 7.92. The lowest BCUT2D eigenvalue weighted by atomic mass is 10.1. The molecule has 3 aromatic carbocycles. The quantitative estimate of drug-likeness (QED) is 0.338. The molecule has 0 unspecified atom stereocenters. The van der Waals surface area contributed by atoms with Crippen molar-refractivity contribution in [3.63, 3.8) is 0 Å². The van der Waals surface area contributed by atoms with Gasteiger partial charge in [0.15, 0.2) is 0 Å². The maximum Gasteiger partial charge on any atom is 0.251 e. The van der Waals surface area contributed by atoms with E-state index in [0.717, 1.165) is 16.7 Å². The highest BCUT2D eigenvalue weighted by Crippen LogP contribution is 2.28. The van der Waals surface area contributed by atoms with Crippen LogP contribution < -0.4 is 9.62 Å². The lowest BCUT2D eigenvalue weighted by molar-refractivity contribution is 0.0956. The Labute approximate surface area is 215 Å². The first kappa shape index (κ1) is 27.0. The van der Waals surface area contributed by atoms with E-state index < -0.39 is 10.0 Å². The number of carbonyl (C=O) groups excluding carboxylic acids is 1. The van der Waals surface area contributed by atoms with Crippen LogP contribution in [0.15, 0.2) is 60.7 Å². The normalized spacial score (nSPS) is 11.3. The molecule has 1 amide bonds. The van der Waals surface area contributed by atoms with Gasteiger partial charge in [-0.25, -0.2) is 12.8 Å². The number of benzene rings is 3. The molecule has 0 spiro atoms. The van der Waals surface area contributed by atoms with Gasteiger partial charge in [0.1, 0.15) is 5.82 Å². The maximum atomic E-state index is 13.8. The number of hydrogen-bond acceptors (Lipinski definition) is 4. The fourth-order valence-electron chi connectivity index (χ4n) is 3.67. The average molecular weight is 535 g/mol. The number of anilines is 1. The molecule has 186 valence electrons. The van der Waals surface area contributed by atoms with Crippen LogP contribution in [0.1, 0.15) is 32.6 Å². The molecule has 3 rings (SSSR count). The summed E-state index contributed by atoms with van der Waals surface area (Å²) in [5.74, 6) is 0.470. The van der Waals surface area contributed by atoms with E-state index in [-0.39, 0.29) is 18.3 Å². The highest BCUT2D eigenvalue weighted by molar-refractivity contribution is 7.98. The number of rotatable bonds is 10. The SMILES string of the molecule is Cc1cccc(C)c1N(Cc1ccc(C(=O)NCCSCc2c(F)cccc2Cl)cc1)S(C)(=O)=O. The van der Waals surface area contributed by atoms with Gasteiger partial charge in [-0.1, -0.05) is 48.0 Å². The minimum absolute atomic E-state index is 0.168. The van der Waals surface area contributed by atoms with Gasteiger partial charge in [0.05, 0.1) is 18.5 Å². The van der Waals surface area contributed by atoms with Gasteiger partial charge in [-0.05, 0) is 54.8 Å². The Morgan fingerprint density at radius 2 is 1.66 bits per heavy atom. The molecule has 3 aromatic rings. The van der Waals surface area contributed by atoms with Crippen molar-refractivity contribution < 1.29 is 17.6 Å². The number of nitrogens with zero attached hydrogens (tertiary/aromatic N) is 1. The van der Waals surface area contributed by atoms with Crippen LogP contribution in [0, 0.1) is 19.7 Å². The van der Waals surface area contributed by atoms with E-state index in [1.54, 1.807) is 36.4 Å². The van der Waals surface area contributed by atoms with Crippen LogP contribution in [-0.2, 0) is 22.3 Å². The zero-order valence-corrected chi connectivity index (χ0v) is 22.2.